The highest BCUT2D eigenvalue weighted by molar-refractivity contribution is 5.69. The Morgan fingerprint density at radius 2 is 0.683 bits per heavy atom. The SMILES string of the molecule is CC(=O)O[C@@H]1[C@@H](OC(C)=O)[C@H](N=[N+]=[N-])O[C@H](CN=[N+]=[N-])[C@H]1O[C@H]1O[C@H](CN=[N+]=[N-])[C@@H](O[C@H]2O[C@H](CN=[N+]=[N-])[C@@H](OC(C)=O)[C@H](OC(C)=O)[C@H]2OC(C)=O)[C@H](OC(C)=O)[C@H]1OC(C)=O. The number of rotatable bonds is 18. The zero-order chi connectivity index (χ0) is 47.0. The summed E-state index contributed by atoms with van der Waals surface area (Å²) in [5, 5.41) is 13.9. The lowest BCUT2D eigenvalue weighted by Crippen LogP contribution is -2.68. The summed E-state index contributed by atoms with van der Waals surface area (Å²) >= 11 is 0. The number of esters is 7. The molecule has 3 aliphatic heterocycles. The molecular weight excluding hydrogens is 856 g/mol. The minimum Gasteiger partial charge on any atom is -0.456 e. The third-order valence-electron chi connectivity index (χ3n) is 8.63. The molecule has 31 nitrogen and oxygen atoms in total. The number of nitrogens with zero attached hydrogens (tertiary/aromatic N) is 12. The van der Waals surface area contributed by atoms with Gasteiger partial charge in [0.25, 0.3) is 0 Å². The van der Waals surface area contributed by atoms with Gasteiger partial charge in [-0.05, 0) is 22.1 Å². The first-order chi connectivity index (χ1) is 29.8. The Morgan fingerprint density at radius 1 is 0.397 bits per heavy atom. The van der Waals surface area contributed by atoms with Crippen molar-refractivity contribution in [1.82, 2.24) is 0 Å². The molecule has 31 heteroatoms. The lowest BCUT2D eigenvalue weighted by Gasteiger charge is -2.50. The predicted octanol–water partition coefficient (Wildman–Crippen LogP) is 1.69. The van der Waals surface area contributed by atoms with Crippen molar-refractivity contribution in [3.63, 3.8) is 0 Å². The van der Waals surface area contributed by atoms with Crippen LogP contribution in [0.5, 0.6) is 0 Å². The summed E-state index contributed by atoms with van der Waals surface area (Å²) in [6, 6.07) is 0. The van der Waals surface area contributed by atoms with Gasteiger partial charge in [-0.15, -0.1) is 0 Å². The van der Waals surface area contributed by atoms with Crippen LogP contribution in [0.25, 0.3) is 41.8 Å². The Morgan fingerprint density at radius 3 is 1.03 bits per heavy atom. The molecule has 15 atom stereocenters. The average Bonchev–Trinajstić information content (AvgIpc) is 3.18. The summed E-state index contributed by atoms with van der Waals surface area (Å²) in [4.78, 5) is 98.3. The lowest BCUT2D eigenvalue weighted by molar-refractivity contribution is -0.368. The molecule has 344 valence electrons. The molecule has 0 aromatic rings. The van der Waals surface area contributed by atoms with Crippen molar-refractivity contribution < 1.29 is 90.4 Å². The number of ether oxygens (including phenoxy) is 12. The van der Waals surface area contributed by atoms with Gasteiger partial charge < -0.3 is 56.8 Å². The van der Waals surface area contributed by atoms with E-state index in [1.54, 1.807) is 0 Å². The minimum absolute atomic E-state index is 0.611. The fourth-order valence-electron chi connectivity index (χ4n) is 6.71. The minimum atomic E-state index is -2.01. The highest BCUT2D eigenvalue weighted by atomic mass is 16.8. The third-order valence-corrected chi connectivity index (χ3v) is 8.63. The number of hydrogen-bond acceptors (Lipinski definition) is 23. The second-order valence-corrected chi connectivity index (χ2v) is 13.3. The Bertz CT molecular complexity index is 1920. The van der Waals surface area contributed by atoms with Crippen molar-refractivity contribution in [3.8, 4) is 0 Å². The fourth-order valence-corrected chi connectivity index (χ4v) is 6.71. The third kappa shape index (κ3) is 14.5. The van der Waals surface area contributed by atoms with E-state index < -0.39 is 153 Å². The van der Waals surface area contributed by atoms with Crippen molar-refractivity contribution in [3.05, 3.63) is 41.8 Å². The van der Waals surface area contributed by atoms with E-state index in [1.807, 2.05) is 0 Å². The molecule has 0 unspecified atom stereocenters. The van der Waals surface area contributed by atoms with E-state index in [4.69, 9.17) is 62.4 Å². The maximum absolute atomic E-state index is 12.8. The monoisotopic (exact) mass is 898 g/mol. The smallest absolute Gasteiger partial charge is 0.303 e. The molecule has 3 heterocycles. The molecule has 0 aromatic carbocycles. The molecular formula is C32H42N12O19. The van der Waals surface area contributed by atoms with Crippen LogP contribution in [-0.4, -0.2) is 153 Å². The number of carbonyl (C=O) groups excluding carboxylic acids is 7. The zero-order valence-electron chi connectivity index (χ0n) is 34.4. The van der Waals surface area contributed by atoms with Gasteiger partial charge in [0.1, 0.15) is 18.3 Å². The van der Waals surface area contributed by atoms with Gasteiger partial charge in [-0.1, -0.05) is 20.5 Å². The second kappa shape index (κ2) is 24.1. The van der Waals surface area contributed by atoms with Crippen LogP contribution in [0.4, 0.5) is 0 Å². The van der Waals surface area contributed by atoms with Crippen molar-refractivity contribution in [2.24, 2.45) is 20.5 Å². The average molecular weight is 899 g/mol. The highest BCUT2D eigenvalue weighted by Gasteiger charge is 2.59. The zero-order valence-corrected chi connectivity index (χ0v) is 34.4. The predicted molar refractivity (Wildman–Crippen MR) is 196 cm³/mol. The molecule has 0 aliphatic carbocycles. The molecule has 0 spiro atoms. The topological polar surface area (TPSA) is 425 Å². The molecule has 0 bridgehead atoms. The molecule has 0 aromatic heterocycles. The van der Waals surface area contributed by atoms with Crippen molar-refractivity contribution in [2.75, 3.05) is 19.6 Å². The Kier molecular flexibility index (Phi) is 19.4. The maximum atomic E-state index is 12.8. The molecule has 0 amide bonds. The first kappa shape index (κ1) is 50.7. The summed E-state index contributed by atoms with van der Waals surface area (Å²) < 4.78 is 68.9. The number of hydrogen-bond donors (Lipinski definition) is 0. The molecule has 3 rings (SSSR count). The highest BCUT2D eigenvalue weighted by Crippen LogP contribution is 2.38. The molecule has 63 heavy (non-hydrogen) atoms. The van der Waals surface area contributed by atoms with Gasteiger partial charge in [-0.2, -0.15) is 0 Å². The summed E-state index contributed by atoms with van der Waals surface area (Å²) in [6.07, 6.45) is -26.6. The molecule has 0 saturated carbocycles. The van der Waals surface area contributed by atoms with Crippen LogP contribution in [0.2, 0.25) is 0 Å². The van der Waals surface area contributed by atoms with Gasteiger partial charge in [0, 0.05) is 68.1 Å². The summed E-state index contributed by atoms with van der Waals surface area (Å²) in [5.74, 6) is -7.02. The van der Waals surface area contributed by atoms with Crippen molar-refractivity contribution in [2.45, 2.75) is 141 Å². The van der Waals surface area contributed by atoms with Crippen LogP contribution in [-0.2, 0) is 90.4 Å². The van der Waals surface area contributed by atoms with Gasteiger partial charge in [-0.3, -0.25) is 33.6 Å². The largest absolute Gasteiger partial charge is 0.456 e. The standard InChI is InChI=1S/C32H42N12O19/c1-11(45)52-21-19(9-38-42-34)60-31(28(57-16(6)50)25(21)54-13(3)47)63-23-20(10-39-43-35)61-32(29(58-17(7)51)26(23)55-14(4)48)62-22-18(8-37-41-33)59-30(40-44-36)27(56-15(5)49)24(22)53-12(2)46/h18-32H,8-10H2,1-7H3/t18-,19-,20-,21-,22-,23-,24+,25+,26+,27-,28-,29-,30-,31-,32-/m1/s1. The number of azide groups is 4. The summed E-state index contributed by atoms with van der Waals surface area (Å²) in [7, 11) is 0. The Balaban J connectivity index is 2.28. The van der Waals surface area contributed by atoms with E-state index in [0.29, 0.717) is 0 Å². The summed E-state index contributed by atoms with van der Waals surface area (Å²) in [6.45, 7) is 4.75. The fraction of sp³-hybridized carbons (Fsp3) is 0.781. The molecule has 3 aliphatic rings. The van der Waals surface area contributed by atoms with E-state index >= 15 is 0 Å². The van der Waals surface area contributed by atoms with Crippen molar-refractivity contribution >= 4 is 41.8 Å². The van der Waals surface area contributed by atoms with Crippen LogP contribution in [0.3, 0.4) is 0 Å². The first-order valence-electron chi connectivity index (χ1n) is 18.4. The first-order valence-corrected chi connectivity index (χ1v) is 18.4. The van der Waals surface area contributed by atoms with Gasteiger partial charge in [-0.25, -0.2) is 0 Å². The van der Waals surface area contributed by atoms with Gasteiger partial charge in [0.05, 0.1) is 31.8 Å². The van der Waals surface area contributed by atoms with E-state index in [9.17, 15) is 50.2 Å². The van der Waals surface area contributed by atoms with E-state index in [-0.39, 0.29) is 0 Å². The number of carbonyl (C=O) groups is 7. The van der Waals surface area contributed by atoms with E-state index in [2.05, 4.69) is 40.1 Å². The summed E-state index contributed by atoms with van der Waals surface area (Å²) in [5.41, 5.74) is 36.9. The maximum Gasteiger partial charge on any atom is 0.303 e. The Hall–Kier alpha value is -6.67. The second-order valence-electron chi connectivity index (χ2n) is 13.3. The quantitative estimate of drug-likeness (QED) is 0.0621. The Labute approximate surface area is 354 Å². The van der Waals surface area contributed by atoms with Crippen molar-refractivity contribution in [1.29, 1.82) is 0 Å². The van der Waals surface area contributed by atoms with Crippen LogP contribution in [0.15, 0.2) is 20.5 Å². The lowest BCUT2D eigenvalue weighted by atomic mass is 9.94. The van der Waals surface area contributed by atoms with Crippen LogP contribution < -0.4 is 0 Å². The van der Waals surface area contributed by atoms with Gasteiger partial charge in [0.15, 0.2) is 61.5 Å². The van der Waals surface area contributed by atoms with Gasteiger partial charge in [0.2, 0.25) is 0 Å². The van der Waals surface area contributed by atoms with E-state index in [1.165, 1.54) is 0 Å². The normalized spacial score (nSPS) is 32.1. The van der Waals surface area contributed by atoms with Gasteiger partial charge >= 0.3 is 41.8 Å². The van der Waals surface area contributed by atoms with Crippen LogP contribution in [0.1, 0.15) is 48.5 Å². The molecule has 3 saturated heterocycles. The van der Waals surface area contributed by atoms with E-state index in [0.717, 1.165) is 48.5 Å². The molecule has 0 N–H and O–H groups in total. The molecule has 3 fully saturated rings. The van der Waals surface area contributed by atoms with Crippen LogP contribution >= 0.6 is 0 Å². The molecule has 0 radical (unpaired) electrons. The van der Waals surface area contributed by atoms with Crippen LogP contribution in [0, 0.1) is 0 Å².